The molecule has 0 aromatic heterocycles. The molecule has 2 spiro atoms. The number of aliphatic hydroxyl groups is 1. The molecule has 3 nitrogen and oxygen atoms in total. The molecule has 8 atom stereocenters. The zero-order chi connectivity index (χ0) is 19.9. The van der Waals surface area contributed by atoms with Crippen molar-refractivity contribution in [2.45, 2.75) is 109 Å². The normalized spacial score (nSPS) is 58.2. The standard InChI is InChI=1S/C23H38O3Si/c1-18(2,3)27(7,8)25-17-10-9-15-19(17,4)13-16(24)22-14-20(22,5)21(6)11-12-23(15,22)26-21/h11-12,15-17,24H,9-10,13-14H2,1-8H3/t15-,16+,17+,19+,20+,21+,22-,23+/m1/s1. The van der Waals surface area contributed by atoms with Gasteiger partial charge < -0.3 is 14.3 Å². The fourth-order valence-corrected chi connectivity index (χ4v) is 9.13. The molecule has 1 saturated heterocycles. The van der Waals surface area contributed by atoms with Gasteiger partial charge in [-0.1, -0.05) is 46.8 Å². The van der Waals surface area contributed by atoms with Crippen molar-refractivity contribution in [2.75, 3.05) is 0 Å². The topological polar surface area (TPSA) is 38.7 Å². The zero-order valence-electron chi connectivity index (χ0n) is 18.5. The predicted octanol–water partition coefficient (Wildman–Crippen LogP) is 5.05. The highest BCUT2D eigenvalue weighted by molar-refractivity contribution is 6.74. The molecule has 5 rings (SSSR count). The first-order valence-electron chi connectivity index (χ1n) is 11.0. The van der Waals surface area contributed by atoms with Gasteiger partial charge in [0.05, 0.1) is 23.4 Å². The van der Waals surface area contributed by atoms with Crippen LogP contribution in [0.25, 0.3) is 0 Å². The fourth-order valence-electron chi connectivity index (χ4n) is 7.68. The van der Waals surface area contributed by atoms with Gasteiger partial charge in [0.1, 0.15) is 0 Å². The lowest BCUT2D eigenvalue weighted by atomic mass is 9.52. The molecule has 2 bridgehead atoms. The van der Waals surface area contributed by atoms with Gasteiger partial charge >= 0.3 is 0 Å². The summed E-state index contributed by atoms with van der Waals surface area (Å²) in [6.45, 7) is 18.7. The Morgan fingerprint density at radius 1 is 1.11 bits per heavy atom. The first-order valence-corrected chi connectivity index (χ1v) is 13.9. The van der Waals surface area contributed by atoms with Gasteiger partial charge in [-0.15, -0.1) is 0 Å². The van der Waals surface area contributed by atoms with Gasteiger partial charge in [-0.25, -0.2) is 0 Å². The molecule has 0 radical (unpaired) electrons. The van der Waals surface area contributed by atoms with Crippen LogP contribution < -0.4 is 0 Å². The third-order valence-corrected chi connectivity index (χ3v) is 15.0. The van der Waals surface area contributed by atoms with Crippen LogP contribution in [0.5, 0.6) is 0 Å². The summed E-state index contributed by atoms with van der Waals surface area (Å²) in [4.78, 5) is 0. The maximum absolute atomic E-state index is 11.5. The largest absolute Gasteiger partial charge is 0.413 e. The SMILES string of the molecule is CC(C)(C)[Si](C)(C)O[C@H]1CC[C@@H]2[C@]1(C)C[C@H](O)[C@]13C[C@@]1(C)[C@]1(C)C=C[C@]23O1. The fraction of sp³-hybridized carbons (Fsp3) is 0.913. The van der Waals surface area contributed by atoms with Gasteiger partial charge in [0.2, 0.25) is 0 Å². The Balaban J connectivity index is 1.54. The smallest absolute Gasteiger partial charge is 0.192 e. The van der Waals surface area contributed by atoms with E-state index < -0.39 is 8.32 Å². The number of aliphatic hydroxyl groups excluding tert-OH is 1. The summed E-state index contributed by atoms with van der Waals surface area (Å²) in [5.74, 6) is 0.450. The maximum Gasteiger partial charge on any atom is 0.192 e. The lowest BCUT2D eigenvalue weighted by Crippen LogP contribution is -2.62. The first-order chi connectivity index (χ1) is 12.2. The molecule has 2 heterocycles. The highest BCUT2D eigenvalue weighted by atomic mass is 28.4. The molecule has 0 aromatic carbocycles. The van der Waals surface area contributed by atoms with Crippen LogP contribution in [-0.4, -0.2) is 36.8 Å². The number of fused-ring (bicyclic) bond motifs is 3. The second-order valence-electron chi connectivity index (χ2n) is 12.5. The van der Waals surface area contributed by atoms with Crippen LogP contribution in [0.1, 0.15) is 67.2 Å². The summed E-state index contributed by atoms with van der Waals surface area (Å²) in [5.41, 5.74) is -0.483. The number of ether oxygens (including phenoxy) is 1. The van der Waals surface area contributed by atoms with Crippen molar-refractivity contribution >= 4 is 8.32 Å². The van der Waals surface area contributed by atoms with Crippen LogP contribution in [0.4, 0.5) is 0 Å². The van der Waals surface area contributed by atoms with E-state index in [9.17, 15) is 5.11 Å². The molecule has 5 aliphatic rings. The highest BCUT2D eigenvalue weighted by Gasteiger charge is 2.93. The van der Waals surface area contributed by atoms with Crippen molar-refractivity contribution in [1.29, 1.82) is 0 Å². The van der Waals surface area contributed by atoms with Crippen LogP contribution >= 0.6 is 0 Å². The molecule has 3 saturated carbocycles. The van der Waals surface area contributed by atoms with Crippen LogP contribution in [0.3, 0.4) is 0 Å². The number of hydrogen-bond acceptors (Lipinski definition) is 3. The summed E-state index contributed by atoms with van der Waals surface area (Å²) in [6, 6.07) is 0. The van der Waals surface area contributed by atoms with Crippen molar-refractivity contribution in [3.05, 3.63) is 12.2 Å². The van der Waals surface area contributed by atoms with E-state index in [0.29, 0.717) is 5.92 Å². The van der Waals surface area contributed by atoms with Crippen LogP contribution in [0.2, 0.25) is 18.1 Å². The quantitative estimate of drug-likeness (QED) is 0.529. The van der Waals surface area contributed by atoms with Crippen LogP contribution in [0, 0.1) is 22.2 Å². The summed E-state index contributed by atoms with van der Waals surface area (Å²) >= 11 is 0. The van der Waals surface area contributed by atoms with Crippen LogP contribution in [0.15, 0.2) is 12.2 Å². The number of rotatable bonds is 2. The van der Waals surface area contributed by atoms with E-state index in [4.69, 9.17) is 9.16 Å². The van der Waals surface area contributed by atoms with E-state index in [1.165, 1.54) is 0 Å². The second-order valence-corrected chi connectivity index (χ2v) is 17.3. The molecule has 3 aliphatic carbocycles. The monoisotopic (exact) mass is 390 g/mol. The van der Waals surface area contributed by atoms with E-state index in [1.807, 2.05) is 0 Å². The minimum Gasteiger partial charge on any atom is -0.413 e. The minimum atomic E-state index is -1.85. The summed E-state index contributed by atoms with van der Waals surface area (Å²) in [6.07, 6.45) is 8.84. The zero-order valence-corrected chi connectivity index (χ0v) is 19.5. The predicted molar refractivity (Wildman–Crippen MR) is 110 cm³/mol. The first kappa shape index (κ1) is 18.8. The van der Waals surface area contributed by atoms with Crippen molar-refractivity contribution in [2.24, 2.45) is 22.2 Å². The minimum absolute atomic E-state index is 0.0103. The lowest BCUT2D eigenvalue weighted by Gasteiger charge is -2.56. The molecule has 2 aliphatic heterocycles. The summed E-state index contributed by atoms with van der Waals surface area (Å²) in [7, 11) is -1.85. The Labute approximate surface area is 166 Å². The second kappa shape index (κ2) is 4.60. The van der Waals surface area contributed by atoms with Gasteiger partial charge in [-0.3, -0.25) is 0 Å². The van der Waals surface area contributed by atoms with Crippen molar-refractivity contribution in [1.82, 2.24) is 0 Å². The highest BCUT2D eigenvalue weighted by Crippen LogP contribution is 2.89. The Morgan fingerprint density at radius 3 is 2.41 bits per heavy atom. The molecule has 27 heavy (non-hydrogen) atoms. The third kappa shape index (κ3) is 1.74. The summed E-state index contributed by atoms with van der Waals surface area (Å²) < 4.78 is 13.9. The van der Waals surface area contributed by atoms with Crippen LogP contribution in [-0.2, 0) is 9.16 Å². The molecule has 1 N–H and O–H groups in total. The van der Waals surface area contributed by atoms with E-state index in [1.54, 1.807) is 0 Å². The molecular weight excluding hydrogens is 352 g/mol. The van der Waals surface area contributed by atoms with Crippen molar-refractivity contribution < 1.29 is 14.3 Å². The molecule has 152 valence electrons. The molecular formula is C23H38O3Si. The van der Waals surface area contributed by atoms with Gasteiger partial charge in [-0.05, 0) is 50.7 Å². The van der Waals surface area contributed by atoms with E-state index >= 15 is 0 Å². The molecule has 4 heteroatoms. The Morgan fingerprint density at radius 2 is 1.78 bits per heavy atom. The number of hydrogen-bond donors (Lipinski definition) is 1. The molecule has 0 aromatic rings. The van der Waals surface area contributed by atoms with Gasteiger partial charge in [0.25, 0.3) is 0 Å². The third-order valence-electron chi connectivity index (χ3n) is 10.5. The van der Waals surface area contributed by atoms with Gasteiger partial charge in [0.15, 0.2) is 8.32 Å². The van der Waals surface area contributed by atoms with E-state index in [2.05, 4.69) is 66.8 Å². The molecule has 4 fully saturated rings. The maximum atomic E-state index is 11.5. The average molecular weight is 391 g/mol. The molecule has 0 amide bonds. The Hall–Kier alpha value is -0.163. The molecule has 0 unspecified atom stereocenters. The van der Waals surface area contributed by atoms with Gasteiger partial charge in [-0.2, -0.15) is 0 Å². The van der Waals surface area contributed by atoms with Crippen molar-refractivity contribution in [3.63, 3.8) is 0 Å². The summed E-state index contributed by atoms with van der Waals surface area (Å²) in [5, 5.41) is 11.7. The lowest BCUT2D eigenvalue weighted by molar-refractivity contribution is -0.190. The Kier molecular flexibility index (Phi) is 3.21. The van der Waals surface area contributed by atoms with Gasteiger partial charge in [0, 0.05) is 22.2 Å². The Bertz CT molecular complexity index is 740. The average Bonchev–Trinajstić information content (AvgIpc) is 2.79. The van der Waals surface area contributed by atoms with E-state index in [-0.39, 0.29) is 44.7 Å². The van der Waals surface area contributed by atoms with E-state index in [0.717, 1.165) is 25.7 Å². The van der Waals surface area contributed by atoms with Crippen molar-refractivity contribution in [3.8, 4) is 0 Å².